The van der Waals surface area contributed by atoms with Crippen LogP contribution in [0.4, 0.5) is 0 Å². The lowest BCUT2D eigenvalue weighted by molar-refractivity contribution is 0.592. The van der Waals surface area contributed by atoms with E-state index >= 15 is 0 Å². The van der Waals surface area contributed by atoms with Gasteiger partial charge in [0.2, 0.25) is 0 Å². The van der Waals surface area contributed by atoms with Gasteiger partial charge in [0.15, 0.2) is 0 Å². The first-order valence-corrected chi connectivity index (χ1v) is 7.56. The summed E-state index contributed by atoms with van der Waals surface area (Å²) in [5.74, 6) is 0. The molecule has 0 unspecified atom stereocenters. The van der Waals surface area contributed by atoms with Crippen molar-refractivity contribution in [2.24, 2.45) is 0 Å². The van der Waals surface area contributed by atoms with E-state index in [-0.39, 0.29) is 0 Å². The van der Waals surface area contributed by atoms with Gasteiger partial charge in [-0.2, -0.15) is 0 Å². The highest BCUT2D eigenvalue weighted by Crippen LogP contribution is 2.15. The van der Waals surface area contributed by atoms with Crippen LogP contribution in [0.5, 0.6) is 0 Å². The van der Waals surface area contributed by atoms with Gasteiger partial charge in [0.05, 0.1) is 0 Å². The van der Waals surface area contributed by atoms with Gasteiger partial charge in [-0.25, -0.2) is 0 Å². The van der Waals surface area contributed by atoms with E-state index in [1.54, 1.807) is 0 Å². The predicted molar refractivity (Wildman–Crippen MR) is 82.7 cm³/mol. The summed E-state index contributed by atoms with van der Waals surface area (Å²) in [5.41, 5.74) is 2.78. The van der Waals surface area contributed by atoms with Crippen molar-refractivity contribution in [1.29, 1.82) is 0 Å². The maximum Gasteiger partial charge on any atom is -0.0231 e. The zero-order valence-corrected chi connectivity index (χ0v) is 12.1. The fourth-order valence-electron chi connectivity index (χ4n) is 2.24. The third-order valence-electron chi connectivity index (χ3n) is 3.49. The molecule has 0 fully saturated rings. The smallest absolute Gasteiger partial charge is 0.0231 e. The summed E-state index contributed by atoms with van der Waals surface area (Å²) in [6.07, 6.45) is 13.4. The van der Waals surface area contributed by atoms with Gasteiger partial charge in [-0.3, -0.25) is 0 Å². The Labute approximate surface area is 113 Å². The lowest BCUT2D eigenvalue weighted by Crippen LogP contribution is -1.81. The number of unbranched alkanes of at least 4 members (excludes halogenated alkanes) is 7. The second-order valence-corrected chi connectivity index (χ2v) is 5.16. The summed E-state index contributed by atoms with van der Waals surface area (Å²) in [6.45, 7) is 4.49. The summed E-state index contributed by atoms with van der Waals surface area (Å²) >= 11 is 0. The normalized spacial score (nSPS) is 11.8. The molecule has 0 radical (unpaired) electrons. The molecule has 0 nitrogen and oxygen atoms in total. The average molecular weight is 244 g/mol. The Morgan fingerprint density at radius 3 is 2.17 bits per heavy atom. The highest BCUT2D eigenvalue weighted by atomic mass is 14.0. The standard InChI is InChI=1S/C18H28/c1-3-4-5-6-7-8-9-11-14-17(2)18-15-12-10-13-16-18/h10,12-16H,3-9,11H2,1-2H3/b17-14-. The first kappa shape index (κ1) is 15.0. The second kappa shape index (κ2) is 9.94. The van der Waals surface area contributed by atoms with Gasteiger partial charge in [0.1, 0.15) is 0 Å². The van der Waals surface area contributed by atoms with Crippen molar-refractivity contribution in [3.8, 4) is 0 Å². The Bertz CT molecular complexity index is 321. The minimum Gasteiger partial charge on any atom is -0.0810 e. The fourth-order valence-corrected chi connectivity index (χ4v) is 2.24. The molecule has 0 saturated heterocycles. The van der Waals surface area contributed by atoms with E-state index < -0.39 is 0 Å². The molecule has 100 valence electrons. The lowest BCUT2D eigenvalue weighted by Gasteiger charge is -2.02. The molecule has 1 aromatic carbocycles. The van der Waals surface area contributed by atoms with E-state index in [4.69, 9.17) is 0 Å². The molecule has 0 spiro atoms. The van der Waals surface area contributed by atoms with Gasteiger partial charge in [0, 0.05) is 0 Å². The Morgan fingerprint density at radius 1 is 0.889 bits per heavy atom. The van der Waals surface area contributed by atoms with Crippen LogP contribution in [0, 0.1) is 0 Å². The van der Waals surface area contributed by atoms with E-state index in [1.807, 2.05) is 0 Å². The molecular weight excluding hydrogens is 216 g/mol. The van der Waals surface area contributed by atoms with Crippen molar-refractivity contribution in [3.05, 3.63) is 42.0 Å². The monoisotopic (exact) mass is 244 g/mol. The molecule has 0 heterocycles. The Balaban J connectivity index is 2.10. The van der Waals surface area contributed by atoms with Gasteiger partial charge in [-0.1, -0.05) is 81.9 Å². The minimum absolute atomic E-state index is 1.23. The van der Waals surface area contributed by atoms with E-state index in [9.17, 15) is 0 Å². The molecule has 0 aliphatic carbocycles. The van der Waals surface area contributed by atoms with Crippen molar-refractivity contribution in [3.63, 3.8) is 0 Å². The zero-order valence-electron chi connectivity index (χ0n) is 12.1. The van der Waals surface area contributed by atoms with Crippen LogP contribution >= 0.6 is 0 Å². The van der Waals surface area contributed by atoms with Crippen LogP contribution in [0.2, 0.25) is 0 Å². The van der Waals surface area contributed by atoms with Crippen molar-refractivity contribution in [2.75, 3.05) is 0 Å². The lowest BCUT2D eigenvalue weighted by atomic mass is 10.0. The molecule has 0 N–H and O–H groups in total. The largest absolute Gasteiger partial charge is 0.0810 e. The van der Waals surface area contributed by atoms with Gasteiger partial charge in [0.25, 0.3) is 0 Å². The van der Waals surface area contributed by atoms with Crippen LogP contribution in [0.3, 0.4) is 0 Å². The second-order valence-electron chi connectivity index (χ2n) is 5.16. The van der Waals surface area contributed by atoms with Crippen molar-refractivity contribution in [2.45, 2.75) is 65.2 Å². The molecule has 1 aromatic rings. The Morgan fingerprint density at radius 2 is 1.50 bits per heavy atom. The van der Waals surface area contributed by atoms with Gasteiger partial charge < -0.3 is 0 Å². The Kier molecular flexibility index (Phi) is 8.29. The van der Waals surface area contributed by atoms with Crippen LogP contribution in [-0.2, 0) is 0 Å². The topological polar surface area (TPSA) is 0 Å². The number of benzene rings is 1. The van der Waals surface area contributed by atoms with Crippen molar-refractivity contribution >= 4 is 5.57 Å². The third-order valence-corrected chi connectivity index (χ3v) is 3.49. The van der Waals surface area contributed by atoms with Crippen molar-refractivity contribution in [1.82, 2.24) is 0 Å². The summed E-state index contributed by atoms with van der Waals surface area (Å²) in [4.78, 5) is 0. The minimum atomic E-state index is 1.23. The van der Waals surface area contributed by atoms with Crippen LogP contribution in [-0.4, -0.2) is 0 Å². The molecule has 0 aromatic heterocycles. The van der Waals surface area contributed by atoms with E-state index in [0.717, 1.165) is 0 Å². The van der Waals surface area contributed by atoms with E-state index in [1.165, 1.54) is 62.5 Å². The third kappa shape index (κ3) is 6.64. The molecule has 1 rings (SSSR count). The molecular formula is C18H28. The molecule has 0 heteroatoms. The molecule has 0 amide bonds. The molecule has 0 atom stereocenters. The highest BCUT2D eigenvalue weighted by molar-refractivity contribution is 5.63. The van der Waals surface area contributed by atoms with Crippen LogP contribution < -0.4 is 0 Å². The first-order valence-electron chi connectivity index (χ1n) is 7.56. The van der Waals surface area contributed by atoms with E-state index in [0.29, 0.717) is 0 Å². The summed E-state index contributed by atoms with van der Waals surface area (Å²) < 4.78 is 0. The van der Waals surface area contributed by atoms with Crippen LogP contribution in [0.15, 0.2) is 36.4 Å². The first-order chi connectivity index (χ1) is 8.84. The molecule has 0 bridgehead atoms. The summed E-state index contributed by atoms with van der Waals surface area (Å²) in [7, 11) is 0. The maximum atomic E-state index is 2.39. The Hall–Kier alpha value is -1.04. The van der Waals surface area contributed by atoms with Crippen LogP contribution in [0.25, 0.3) is 5.57 Å². The van der Waals surface area contributed by atoms with Gasteiger partial charge in [-0.05, 0) is 30.9 Å². The molecule has 0 saturated carbocycles. The van der Waals surface area contributed by atoms with Gasteiger partial charge in [-0.15, -0.1) is 0 Å². The maximum absolute atomic E-state index is 2.39. The van der Waals surface area contributed by atoms with Gasteiger partial charge >= 0.3 is 0 Å². The predicted octanol–water partition coefficient (Wildman–Crippen LogP) is 6.23. The fraction of sp³-hybridized carbons (Fsp3) is 0.556. The van der Waals surface area contributed by atoms with Crippen LogP contribution in [0.1, 0.15) is 70.8 Å². The van der Waals surface area contributed by atoms with Crippen molar-refractivity contribution < 1.29 is 0 Å². The van der Waals surface area contributed by atoms with E-state index in [2.05, 4.69) is 50.3 Å². The summed E-state index contributed by atoms with van der Waals surface area (Å²) in [5, 5.41) is 0. The number of hydrogen-bond donors (Lipinski definition) is 0. The highest BCUT2D eigenvalue weighted by Gasteiger charge is 1.94. The zero-order chi connectivity index (χ0) is 13.1. The SMILES string of the molecule is CCCCCCCCC/C=C(/C)c1ccccc1. The molecule has 0 aliphatic heterocycles. The average Bonchev–Trinajstić information content (AvgIpc) is 2.42. The number of rotatable bonds is 9. The molecule has 18 heavy (non-hydrogen) atoms. The molecule has 0 aliphatic rings. The summed E-state index contributed by atoms with van der Waals surface area (Å²) in [6, 6.07) is 10.7. The number of hydrogen-bond acceptors (Lipinski definition) is 0. The number of allylic oxidation sites excluding steroid dienone is 2. The quantitative estimate of drug-likeness (QED) is 0.452.